The monoisotopic (exact) mass is 335 g/mol. The van der Waals surface area contributed by atoms with Gasteiger partial charge in [0, 0.05) is 11.4 Å². The first-order valence-corrected chi connectivity index (χ1v) is 8.23. The average Bonchev–Trinajstić information content (AvgIpc) is 2.93. The molecule has 0 fully saturated rings. The lowest BCUT2D eigenvalue weighted by Crippen LogP contribution is -2.16. The van der Waals surface area contributed by atoms with Gasteiger partial charge in [0.15, 0.2) is 11.5 Å². The summed E-state index contributed by atoms with van der Waals surface area (Å²) < 4.78 is 1.71. The Balaban J connectivity index is 1.81. The number of rotatable bonds is 4. The second-order valence-electron chi connectivity index (χ2n) is 6.31. The molecule has 0 atom stereocenters. The maximum absolute atomic E-state index is 12.5. The molecule has 6 nitrogen and oxygen atoms in total. The molecular weight excluding hydrogens is 314 g/mol. The number of carbonyl (C=O) groups excluding carboxylic acids is 1. The molecule has 1 N–H and O–H groups in total. The molecule has 3 aromatic rings. The molecule has 0 saturated carbocycles. The molecule has 0 aliphatic rings. The molecule has 3 rings (SSSR count). The molecule has 0 radical (unpaired) electrons. The summed E-state index contributed by atoms with van der Waals surface area (Å²) in [6.07, 6.45) is 0. The standard InChI is InChI=1S/C19H21N5O/c1-12(2)15-7-5-6-8-16(15)20-19(25)17-9-10-18(22-21-17)24-14(4)11-13(3)23-24/h5-12H,1-4H3,(H,20,25). The van der Waals surface area contributed by atoms with Gasteiger partial charge < -0.3 is 5.32 Å². The number of benzene rings is 1. The van der Waals surface area contributed by atoms with Crippen LogP contribution in [-0.4, -0.2) is 25.9 Å². The van der Waals surface area contributed by atoms with Crippen LogP contribution in [0.25, 0.3) is 5.82 Å². The molecule has 1 aromatic carbocycles. The number of nitrogens with one attached hydrogen (secondary N) is 1. The third-order valence-electron chi connectivity index (χ3n) is 3.94. The van der Waals surface area contributed by atoms with Gasteiger partial charge in [-0.15, -0.1) is 10.2 Å². The van der Waals surface area contributed by atoms with Gasteiger partial charge in [0.1, 0.15) is 0 Å². The van der Waals surface area contributed by atoms with Gasteiger partial charge in [0.2, 0.25) is 0 Å². The lowest BCUT2D eigenvalue weighted by atomic mass is 10.0. The van der Waals surface area contributed by atoms with Gasteiger partial charge in [-0.25, -0.2) is 4.68 Å². The first-order valence-electron chi connectivity index (χ1n) is 8.23. The van der Waals surface area contributed by atoms with Crippen molar-refractivity contribution in [3.63, 3.8) is 0 Å². The van der Waals surface area contributed by atoms with E-state index < -0.39 is 0 Å². The van der Waals surface area contributed by atoms with Crippen molar-refractivity contribution in [2.24, 2.45) is 0 Å². The molecular formula is C19H21N5O. The lowest BCUT2D eigenvalue weighted by Gasteiger charge is -2.13. The Morgan fingerprint density at radius 1 is 1.08 bits per heavy atom. The smallest absolute Gasteiger partial charge is 0.276 e. The van der Waals surface area contributed by atoms with Gasteiger partial charge in [0.25, 0.3) is 5.91 Å². The fourth-order valence-electron chi connectivity index (χ4n) is 2.72. The van der Waals surface area contributed by atoms with Crippen molar-refractivity contribution in [1.82, 2.24) is 20.0 Å². The van der Waals surface area contributed by atoms with Crippen LogP contribution in [-0.2, 0) is 0 Å². The van der Waals surface area contributed by atoms with E-state index in [-0.39, 0.29) is 11.6 Å². The van der Waals surface area contributed by atoms with E-state index in [9.17, 15) is 4.79 Å². The minimum absolute atomic E-state index is 0.267. The zero-order chi connectivity index (χ0) is 18.0. The van der Waals surface area contributed by atoms with Crippen LogP contribution in [0, 0.1) is 13.8 Å². The fraction of sp³-hybridized carbons (Fsp3) is 0.263. The highest BCUT2D eigenvalue weighted by molar-refractivity contribution is 6.03. The summed E-state index contributed by atoms with van der Waals surface area (Å²) in [6.45, 7) is 8.05. The van der Waals surface area contributed by atoms with E-state index in [0.29, 0.717) is 11.7 Å². The predicted octanol–water partition coefficient (Wildman–Crippen LogP) is 3.65. The summed E-state index contributed by atoms with van der Waals surface area (Å²) in [6, 6.07) is 13.1. The molecule has 0 bridgehead atoms. The summed E-state index contributed by atoms with van der Waals surface area (Å²) in [5.74, 6) is 0.626. The van der Waals surface area contributed by atoms with E-state index >= 15 is 0 Å². The number of hydrogen-bond donors (Lipinski definition) is 1. The largest absolute Gasteiger partial charge is 0.320 e. The number of para-hydroxylation sites is 1. The Morgan fingerprint density at radius 3 is 2.44 bits per heavy atom. The van der Waals surface area contributed by atoms with Crippen LogP contribution in [0.2, 0.25) is 0 Å². The zero-order valence-corrected chi connectivity index (χ0v) is 14.8. The average molecular weight is 335 g/mol. The predicted molar refractivity (Wildman–Crippen MR) is 97.1 cm³/mol. The highest BCUT2D eigenvalue weighted by Crippen LogP contribution is 2.24. The van der Waals surface area contributed by atoms with Gasteiger partial charge >= 0.3 is 0 Å². The highest BCUT2D eigenvalue weighted by Gasteiger charge is 2.13. The van der Waals surface area contributed by atoms with E-state index in [1.54, 1.807) is 16.8 Å². The first kappa shape index (κ1) is 16.8. The lowest BCUT2D eigenvalue weighted by molar-refractivity contribution is 0.102. The zero-order valence-electron chi connectivity index (χ0n) is 14.8. The molecule has 6 heteroatoms. The van der Waals surface area contributed by atoms with E-state index in [0.717, 1.165) is 22.6 Å². The normalized spacial score (nSPS) is 10.9. The number of anilines is 1. The summed E-state index contributed by atoms with van der Waals surface area (Å²) >= 11 is 0. The second kappa shape index (κ2) is 6.84. The van der Waals surface area contributed by atoms with E-state index in [4.69, 9.17) is 0 Å². The number of aryl methyl sites for hydroxylation is 2. The molecule has 0 spiro atoms. The maximum Gasteiger partial charge on any atom is 0.276 e. The van der Waals surface area contributed by atoms with Crippen molar-refractivity contribution in [3.05, 3.63) is 65.1 Å². The minimum atomic E-state index is -0.277. The number of amides is 1. The molecule has 0 unspecified atom stereocenters. The third kappa shape index (κ3) is 3.57. The van der Waals surface area contributed by atoms with Gasteiger partial charge in [0.05, 0.1) is 5.69 Å². The van der Waals surface area contributed by atoms with Crippen LogP contribution in [0.4, 0.5) is 5.69 Å². The number of aromatic nitrogens is 4. The van der Waals surface area contributed by atoms with Crippen LogP contribution in [0.5, 0.6) is 0 Å². The number of hydrogen-bond acceptors (Lipinski definition) is 4. The molecule has 128 valence electrons. The van der Waals surface area contributed by atoms with Crippen LogP contribution < -0.4 is 5.32 Å². The quantitative estimate of drug-likeness (QED) is 0.790. The summed E-state index contributed by atoms with van der Waals surface area (Å²) in [5.41, 5.74) is 4.03. The minimum Gasteiger partial charge on any atom is -0.320 e. The summed E-state index contributed by atoms with van der Waals surface area (Å²) in [7, 11) is 0. The summed E-state index contributed by atoms with van der Waals surface area (Å²) in [4.78, 5) is 12.5. The topological polar surface area (TPSA) is 72.7 Å². The maximum atomic E-state index is 12.5. The van der Waals surface area contributed by atoms with E-state index in [1.165, 1.54) is 0 Å². The Kier molecular flexibility index (Phi) is 4.61. The van der Waals surface area contributed by atoms with Crippen molar-refractivity contribution in [2.45, 2.75) is 33.6 Å². The Labute approximate surface area is 146 Å². The van der Waals surface area contributed by atoms with Crippen LogP contribution in [0.1, 0.15) is 47.2 Å². The van der Waals surface area contributed by atoms with Crippen molar-refractivity contribution < 1.29 is 4.79 Å². The molecule has 1 amide bonds. The van der Waals surface area contributed by atoms with E-state index in [2.05, 4.69) is 34.5 Å². The SMILES string of the molecule is Cc1cc(C)n(-c2ccc(C(=O)Nc3ccccc3C(C)C)nn2)n1. The molecule has 0 aliphatic carbocycles. The van der Waals surface area contributed by atoms with Gasteiger partial charge in [-0.05, 0) is 49.6 Å². The van der Waals surface area contributed by atoms with Crippen molar-refractivity contribution in [3.8, 4) is 5.82 Å². The van der Waals surface area contributed by atoms with Crippen molar-refractivity contribution in [1.29, 1.82) is 0 Å². The third-order valence-corrected chi connectivity index (χ3v) is 3.94. The van der Waals surface area contributed by atoms with E-state index in [1.807, 2.05) is 44.2 Å². The molecule has 0 saturated heterocycles. The van der Waals surface area contributed by atoms with Crippen molar-refractivity contribution >= 4 is 11.6 Å². The highest BCUT2D eigenvalue weighted by atomic mass is 16.1. The van der Waals surface area contributed by atoms with Gasteiger partial charge in [-0.2, -0.15) is 5.10 Å². The molecule has 2 aromatic heterocycles. The Hall–Kier alpha value is -3.02. The van der Waals surface area contributed by atoms with Crippen LogP contribution >= 0.6 is 0 Å². The van der Waals surface area contributed by atoms with Crippen molar-refractivity contribution in [2.75, 3.05) is 5.32 Å². The van der Waals surface area contributed by atoms with Gasteiger partial charge in [-0.3, -0.25) is 4.79 Å². The Morgan fingerprint density at radius 2 is 1.84 bits per heavy atom. The molecule has 2 heterocycles. The fourth-order valence-corrected chi connectivity index (χ4v) is 2.72. The molecule has 0 aliphatic heterocycles. The second-order valence-corrected chi connectivity index (χ2v) is 6.31. The Bertz CT molecular complexity index is 896. The number of nitrogens with zero attached hydrogens (tertiary/aromatic N) is 4. The number of carbonyl (C=O) groups is 1. The molecule has 25 heavy (non-hydrogen) atoms. The first-order chi connectivity index (χ1) is 12.0. The van der Waals surface area contributed by atoms with Crippen LogP contribution in [0.15, 0.2) is 42.5 Å². The van der Waals surface area contributed by atoms with Crippen LogP contribution in [0.3, 0.4) is 0 Å². The summed E-state index contributed by atoms with van der Waals surface area (Å²) in [5, 5.41) is 15.5. The van der Waals surface area contributed by atoms with Gasteiger partial charge in [-0.1, -0.05) is 32.0 Å².